The fourth-order valence-corrected chi connectivity index (χ4v) is 1.47. The van der Waals surface area contributed by atoms with Gasteiger partial charge < -0.3 is 15.2 Å². The lowest BCUT2D eigenvalue weighted by molar-refractivity contribution is 0.161. The van der Waals surface area contributed by atoms with Crippen molar-refractivity contribution in [2.45, 2.75) is 13.0 Å². The summed E-state index contributed by atoms with van der Waals surface area (Å²) in [6.07, 6.45) is 1.34. The van der Waals surface area contributed by atoms with Gasteiger partial charge in [-0.15, -0.1) is 0 Å². The number of nitrogens with one attached hydrogen (secondary N) is 1. The highest BCUT2D eigenvalue weighted by Gasteiger charge is 2.12. The number of ether oxygens (including phenoxy) is 1. The number of hydrogen-bond acceptors (Lipinski definition) is 4. The Labute approximate surface area is 90.1 Å². The van der Waals surface area contributed by atoms with Gasteiger partial charge >= 0.3 is 0 Å². The van der Waals surface area contributed by atoms with Crippen molar-refractivity contribution in [3.8, 4) is 0 Å². The van der Waals surface area contributed by atoms with Gasteiger partial charge in [-0.1, -0.05) is 0 Å². The maximum atomic E-state index is 9.86. The van der Waals surface area contributed by atoms with Gasteiger partial charge in [-0.05, 0) is 6.92 Å². The largest absolute Gasteiger partial charge is 0.387 e. The van der Waals surface area contributed by atoms with Gasteiger partial charge in [0.05, 0.1) is 18.4 Å². The number of aromatic nitrogens is 2. The van der Waals surface area contributed by atoms with E-state index in [4.69, 9.17) is 4.74 Å². The molecule has 15 heavy (non-hydrogen) atoms. The molecule has 5 heteroatoms. The predicted molar refractivity (Wildman–Crippen MR) is 57.7 cm³/mol. The molecule has 0 aliphatic rings. The molecule has 86 valence electrons. The molecule has 0 fully saturated rings. The molecule has 0 aliphatic heterocycles. The van der Waals surface area contributed by atoms with E-state index in [1.165, 1.54) is 0 Å². The molecule has 0 radical (unpaired) electrons. The van der Waals surface area contributed by atoms with E-state index in [0.717, 1.165) is 17.8 Å². The van der Waals surface area contributed by atoms with E-state index in [1.807, 2.05) is 20.2 Å². The summed E-state index contributed by atoms with van der Waals surface area (Å²) in [5.41, 5.74) is 1.75. The lowest BCUT2D eigenvalue weighted by atomic mass is 10.1. The first-order chi connectivity index (χ1) is 7.15. The van der Waals surface area contributed by atoms with Gasteiger partial charge in [0.25, 0.3) is 0 Å². The van der Waals surface area contributed by atoms with E-state index in [0.29, 0.717) is 13.2 Å². The van der Waals surface area contributed by atoms with E-state index >= 15 is 0 Å². The summed E-state index contributed by atoms with van der Waals surface area (Å²) in [7, 11) is 3.50. The van der Waals surface area contributed by atoms with Gasteiger partial charge in [-0.2, -0.15) is 5.10 Å². The number of nitrogens with zero attached hydrogens (tertiary/aromatic N) is 2. The lowest BCUT2D eigenvalue weighted by Crippen LogP contribution is -2.25. The third-order valence-electron chi connectivity index (χ3n) is 2.23. The van der Waals surface area contributed by atoms with Crippen LogP contribution in [0, 0.1) is 6.92 Å². The average molecular weight is 213 g/mol. The fraction of sp³-hybridized carbons (Fsp3) is 0.700. The van der Waals surface area contributed by atoms with Crippen LogP contribution in [0.15, 0.2) is 6.20 Å². The number of aliphatic hydroxyl groups excluding tert-OH is 1. The number of methoxy groups -OCH3 is 1. The molecule has 0 saturated heterocycles. The molecule has 2 N–H and O–H groups in total. The van der Waals surface area contributed by atoms with Crippen LogP contribution in [0.5, 0.6) is 0 Å². The zero-order valence-electron chi connectivity index (χ0n) is 9.53. The van der Waals surface area contributed by atoms with Gasteiger partial charge in [0.1, 0.15) is 0 Å². The Bertz CT molecular complexity index is 299. The molecule has 1 aromatic heterocycles. The molecule has 1 rings (SSSR count). The molecule has 1 heterocycles. The highest BCUT2D eigenvalue weighted by atomic mass is 16.5. The fourth-order valence-electron chi connectivity index (χ4n) is 1.47. The van der Waals surface area contributed by atoms with Crippen LogP contribution in [-0.2, 0) is 11.8 Å². The molecular weight excluding hydrogens is 194 g/mol. The molecular formula is C10H19N3O2. The van der Waals surface area contributed by atoms with Gasteiger partial charge in [0, 0.05) is 39.0 Å². The minimum Gasteiger partial charge on any atom is -0.387 e. The van der Waals surface area contributed by atoms with E-state index in [9.17, 15) is 5.11 Å². The van der Waals surface area contributed by atoms with Crippen LogP contribution >= 0.6 is 0 Å². The zero-order valence-corrected chi connectivity index (χ0v) is 9.53. The Morgan fingerprint density at radius 2 is 2.40 bits per heavy atom. The van der Waals surface area contributed by atoms with E-state index < -0.39 is 6.10 Å². The maximum Gasteiger partial charge on any atom is 0.0947 e. The molecule has 0 spiro atoms. The second-order valence-corrected chi connectivity index (χ2v) is 3.56. The summed E-state index contributed by atoms with van der Waals surface area (Å²) < 4.78 is 6.61. The monoisotopic (exact) mass is 213 g/mol. The Kier molecular flexibility index (Phi) is 4.74. The topological polar surface area (TPSA) is 59.3 Å². The van der Waals surface area contributed by atoms with Crippen LogP contribution in [0.2, 0.25) is 0 Å². The van der Waals surface area contributed by atoms with Crippen molar-refractivity contribution in [3.05, 3.63) is 17.5 Å². The molecule has 1 aromatic rings. The quantitative estimate of drug-likeness (QED) is 0.653. The third-order valence-corrected chi connectivity index (χ3v) is 2.23. The molecule has 1 unspecified atom stereocenters. The molecule has 0 saturated carbocycles. The van der Waals surface area contributed by atoms with Gasteiger partial charge in [0.15, 0.2) is 0 Å². The predicted octanol–water partition coefficient (Wildman–Crippen LogP) is -0.00208. The SMILES string of the molecule is COCCNCC(O)c1cn(C)nc1C. The molecule has 0 aliphatic carbocycles. The summed E-state index contributed by atoms with van der Waals surface area (Å²) in [5.74, 6) is 0. The van der Waals surface area contributed by atoms with Crippen molar-refractivity contribution in [2.75, 3.05) is 26.8 Å². The summed E-state index contributed by atoms with van der Waals surface area (Å²) in [6.45, 7) is 3.81. The maximum absolute atomic E-state index is 9.86. The normalized spacial score (nSPS) is 13.1. The minimum atomic E-state index is -0.504. The van der Waals surface area contributed by atoms with E-state index in [-0.39, 0.29) is 0 Å². The van der Waals surface area contributed by atoms with Crippen molar-refractivity contribution in [3.63, 3.8) is 0 Å². The first kappa shape index (κ1) is 12.2. The highest BCUT2D eigenvalue weighted by Crippen LogP contribution is 2.14. The Hall–Kier alpha value is -0.910. The summed E-state index contributed by atoms with van der Waals surface area (Å²) in [4.78, 5) is 0. The van der Waals surface area contributed by atoms with Gasteiger partial charge in [-0.3, -0.25) is 4.68 Å². The smallest absolute Gasteiger partial charge is 0.0947 e. The lowest BCUT2D eigenvalue weighted by Gasteiger charge is -2.10. The van der Waals surface area contributed by atoms with Crippen molar-refractivity contribution < 1.29 is 9.84 Å². The van der Waals surface area contributed by atoms with Crippen LogP contribution in [0.1, 0.15) is 17.4 Å². The Morgan fingerprint density at radius 3 is 2.93 bits per heavy atom. The van der Waals surface area contributed by atoms with Crippen LogP contribution < -0.4 is 5.32 Å². The Balaban J connectivity index is 2.39. The van der Waals surface area contributed by atoms with E-state index in [2.05, 4.69) is 10.4 Å². The number of rotatable bonds is 6. The van der Waals surface area contributed by atoms with Crippen LogP contribution in [0.25, 0.3) is 0 Å². The molecule has 1 atom stereocenters. The van der Waals surface area contributed by atoms with Gasteiger partial charge in [-0.25, -0.2) is 0 Å². The van der Waals surface area contributed by atoms with Crippen LogP contribution in [0.3, 0.4) is 0 Å². The van der Waals surface area contributed by atoms with Crippen molar-refractivity contribution in [1.29, 1.82) is 0 Å². The zero-order chi connectivity index (χ0) is 11.3. The Morgan fingerprint density at radius 1 is 1.67 bits per heavy atom. The van der Waals surface area contributed by atoms with E-state index in [1.54, 1.807) is 11.8 Å². The second kappa shape index (κ2) is 5.85. The van der Waals surface area contributed by atoms with Crippen molar-refractivity contribution >= 4 is 0 Å². The standard InChI is InChI=1S/C10H19N3O2/c1-8-9(7-13(2)12-8)10(14)6-11-4-5-15-3/h7,10-11,14H,4-6H2,1-3H3. The second-order valence-electron chi connectivity index (χ2n) is 3.56. The summed E-state index contributed by atoms with van der Waals surface area (Å²) in [6, 6.07) is 0. The molecule has 0 amide bonds. The minimum absolute atomic E-state index is 0.504. The first-order valence-corrected chi connectivity index (χ1v) is 5.03. The molecule has 5 nitrogen and oxygen atoms in total. The number of hydrogen-bond donors (Lipinski definition) is 2. The van der Waals surface area contributed by atoms with Crippen LogP contribution in [-0.4, -0.2) is 41.7 Å². The van der Waals surface area contributed by atoms with Crippen molar-refractivity contribution in [2.24, 2.45) is 7.05 Å². The van der Waals surface area contributed by atoms with Crippen LogP contribution in [0.4, 0.5) is 0 Å². The highest BCUT2D eigenvalue weighted by molar-refractivity contribution is 5.18. The summed E-state index contributed by atoms with van der Waals surface area (Å²) >= 11 is 0. The molecule has 0 aromatic carbocycles. The number of aryl methyl sites for hydroxylation is 2. The third kappa shape index (κ3) is 3.62. The number of aliphatic hydroxyl groups is 1. The average Bonchev–Trinajstić information content (AvgIpc) is 2.52. The van der Waals surface area contributed by atoms with Crippen molar-refractivity contribution in [1.82, 2.24) is 15.1 Å². The first-order valence-electron chi connectivity index (χ1n) is 5.03. The van der Waals surface area contributed by atoms with Gasteiger partial charge in [0.2, 0.25) is 0 Å². The summed E-state index contributed by atoms with van der Waals surface area (Å²) in [5, 5.41) is 17.1. The molecule has 0 bridgehead atoms.